The summed E-state index contributed by atoms with van der Waals surface area (Å²) in [6, 6.07) is 20.1. The maximum absolute atomic E-state index is 9.30. The molecule has 0 saturated carbocycles. The smallest absolute Gasteiger partial charge is 0.164 e. The molecular weight excluding hydrogens is 623 g/mol. The Hall–Kier alpha value is -6.91. The van der Waals surface area contributed by atoms with Crippen LogP contribution >= 0.6 is 0 Å². The summed E-state index contributed by atoms with van der Waals surface area (Å²) in [4.78, 5) is 14.3. The molecular formula is C47H29N3O. The number of fused-ring (bicyclic) bond motifs is 6. The average molecular weight is 666 g/mol. The first kappa shape index (κ1) is 18.2. The normalized spacial score (nSPS) is 15.4. The number of benzene rings is 8. The Kier molecular flexibility index (Phi) is 4.24. The molecule has 0 radical (unpaired) electrons. The van der Waals surface area contributed by atoms with Crippen molar-refractivity contribution in [2.24, 2.45) is 0 Å². The van der Waals surface area contributed by atoms with Gasteiger partial charge in [0.25, 0.3) is 0 Å². The summed E-state index contributed by atoms with van der Waals surface area (Å²) in [7, 11) is 0. The van der Waals surface area contributed by atoms with Gasteiger partial charge in [0.15, 0.2) is 17.5 Å². The van der Waals surface area contributed by atoms with Crippen molar-refractivity contribution in [1.29, 1.82) is 0 Å². The van der Waals surface area contributed by atoms with Crippen LogP contribution in [0.2, 0.25) is 0 Å². The summed E-state index contributed by atoms with van der Waals surface area (Å²) in [6.45, 7) is 0. The van der Waals surface area contributed by atoms with Crippen molar-refractivity contribution in [2.75, 3.05) is 0 Å². The molecule has 0 atom stereocenters. The third-order valence-electron chi connectivity index (χ3n) is 8.81. The highest BCUT2D eigenvalue weighted by atomic mass is 16.3. The van der Waals surface area contributed by atoms with E-state index in [9.17, 15) is 1.37 Å². The Morgan fingerprint density at radius 2 is 1.06 bits per heavy atom. The van der Waals surface area contributed by atoms with Gasteiger partial charge in [0.05, 0.1) is 19.2 Å². The lowest BCUT2D eigenvalue weighted by Crippen LogP contribution is -2.00. The second-order valence-corrected chi connectivity index (χ2v) is 11.8. The fourth-order valence-electron chi connectivity index (χ4n) is 6.41. The zero-order chi connectivity index (χ0) is 45.9. The number of para-hydroxylation sites is 1. The van der Waals surface area contributed by atoms with Crippen molar-refractivity contribution in [3.8, 4) is 56.4 Å². The Morgan fingerprint density at radius 1 is 0.412 bits per heavy atom. The van der Waals surface area contributed by atoms with E-state index < -0.39 is 48.3 Å². The molecule has 0 N–H and O–H groups in total. The molecule has 0 bridgehead atoms. The van der Waals surface area contributed by atoms with Crippen LogP contribution in [0.25, 0.3) is 99.9 Å². The largest absolute Gasteiger partial charge is 0.455 e. The van der Waals surface area contributed by atoms with Gasteiger partial charge in [-0.3, -0.25) is 0 Å². The molecule has 2 aromatic heterocycles. The van der Waals surface area contributed by atoms with E-state index in [0.29, 0.717) is 16.7 Å². The quantitative estimate of drug-likeness (QED) is 0.172. The molecule has 4 heteroatoms. The molecule has 51 heavy (non-hydrogen) atoms. The monoisotopic (exact) mass is 665 g/mol. The van der Waals surface area contributed by atoms with E-state index in [4.69, 9.17) is 37.2 Å². The molecule has 238 valence electrons. The van der Waals surface area contributed by atoms with Crippen molar-refractivity contribution in [3.63, 3.8) is 0 Å². The third kappa shape index (κ3) is 5.04. The van der Waals surface area contributed by atoms with Gasteiger partial charge < -0.3 is 4.42 Å². The van der Waals surface area contributed by atoms with Gasteiger partial charge in [-0.1, -0.05) is 163 Å². The van der Waals surface area contributed by atoms with E-state index in [2.05, 4.69) is 0 Å². The summed E-state index contributed by atoms with van der Waals surface area (Å²) >= 11 is 0. The molecule has 4 nitrogen and oxygen atoms in total. The van der Waals surface area contributed by atoms with Crippen LogP contribution < -0.4 is 0 Å². The lowest BCUT2D eigenvalue weighted by atomic mass is 9.98. The van der Waals surface area contributed by atoms with E-state index in [1.54, 1.807) is 30.3 Å². The number of rotatable bonds is 5. The lowest BCUT2D eigenvalue weighted by molar-refractivity contribution is 0.670. The summed E-state index contributed by atoms with van der Waals surface area (Å²) in [5, 5.41) is 4.13. The topological polar surface area (TPSA) is 51.8 Å². The highest BCUT2D eigenvalue weighted by Gasteiger charge is 2.20. The fraction of sp³-hybridized carbons (Fsp3) is 0. The number of furan rings is 1. The van der Waals surface area contributed by atoms with Gasteiger partial charge in [0.1, 0.15) is 11.2 Å². The first-order valence-electron chi connectivity index (χ1n) is 23.0. The van der Waals surface area contributed by atoms with Gasteiger partial charge in [-0.15, -0.1) is 0 Å². The third-order valence-corrected chi connectivity index (χ3v) is 8.81. The van der Waals surface area contributed by atoms with Gasteiger partial charge in [-0.05, 0) is 50.3 Å². The van der Waals surface area contributed by atoms with Crippen molar-refractivity contribution >= 4 is 43.5 Å². The minimum absolute atomic E-state index is 0.0139. The Labute approximate surface area is 314 Å². The predicted octanol–water partition coefficient (Wildman–Crippen LogP) is 12.4. The maximum atomic E-state index is 9.30. The second-order valence-electron chi connectivity index (χ2n) is 11.8. The SMILES string of the molecule is [2H]c1cc2c(oc3c([2H])cc([2H])c(-c4nc(-c5ccc6ccc7ccccc7c6c5)nc(-c5c([2H])c([2H])c([2H])c([2H])c5[2H])n4)c32)c(-c2ccc(-c3c([2H])c([2H])c([2H])c([2H])c3[2H])cc2)c1[2H]. The minimum atomic E-state index is -0.606. The molecule has 0 saturated heterocycles. The van der Waals surface area contributed by atoms with Crippen LogP contribution in [-0.4, -0.2) is 15.0 Å². The predicted molar refractivity (Wildman–Crippen MR) is 209 cm³/mol. The van der Waals surface area contributed by atoms with E-state index in [0.717, 1.165) is 21.5 Å². The summed E-state index contributed by atoms with van der Waals surface area (Å²) in [5.74, 6) is -0.375. The van der Waals surface area contributed by atoms with Crippen LogP contribution in [0.1, 0.15) is 19.2 Å². The lowest BCUT2D eigenvalue weighted by Gasteiger charge is -2.10. The standard InChI is InChI=1S/C47H29N3O/c1-3-11-30(12-4-1)31-21-23-33(24-22-31)38-17-9-18-39-43-40(19-10-20-42(43)51-44(38)39)47-49-45(35-14-5-2-6-15-35)48-46(50-47)36-28-27-34-26-25-32-13-7-8-16-37(32)41(34)29-36/h1-29H/i1D,2D,3D,4D,5D,6D,9D,11D,12D,14D,15D,17D,19D,20D. The fourth-order valence-corrected chi connectivity index (χ4v) is 6.41. The molecule has 0 amide bonds. The van der Waals surface area contributed by atoms with Crippen molar-refractivity contribution in [2.45, 2.75) is 0 Å². The van der Waals surface area contributed by atoms with E-state index >= 15 is 0 Å². The molecule has 10 rings (SSSR count). The maximum Gasteiger partial charge on any atom is 0.164 e. The first-order chi connectivity index (χ1) is 31.0. The van der Waals surface area contributed by atoms with Crippen LogP contribution in [0.3, 0.4) is 0 Å². The second kappa shape index (κ2) is 11.9. The van der Waals surface area contributed by atoms with Crippen LogP contribution in [0.4, 0.5) is 0 Å². The first-order valence-corrected chi connectivity index (χ1v) is 16.0. The van der Waals surface area contributed by atoms with Gasteiger partial charge in [0, 0.05) is 33.0 Å². The van der Waals surface area contributed by atoms with Crippen molar-refractivity contribution < 1.29 is 23.6 Å². The molecule has 0 aliphatic carbocycles. The van der Waals surface area contributed by atoms with Gasteiger partial charge in [-0.25, -0.2) is 15.0 Å². The Bertz CT molecular complexity index is 3670. The summed E-state index contributed by atoms with van der Waals surface area (Å²) in [6.07, 6.45) is 0. The molecule has 0 unspecified atom stereocenters. The zero-order valence-electron chi connectivity index (χ0n) is 40.4. The molecule has 0 spiro atoms. The Balaban J connectivity index is 1.24. The number of aromatic nitrogens is 3. The number of hydrogen-bond acceptors (Lipinski definition) is 4. The van der Waals surface area contributed by atoms with Gasteiger partial charge in [-0.2, -0.15) is 0 Å². The molecule has 0 aliphatic rings. The van der Waals surface area contributed by atoms with E-state index in [1.165, 1.54) is 12.1 Å². The van der Waals surface area contributed by atoms with E-state index in [1.807, 2.05) is 48.5 Å². The van der Waals surface area contributed by atoms with Crippen LogP contribution in [0.15, 0.2) is 180 Å². The average Bonchev–Trinajstić information content (AvgIpc) is 3.68. The molecule has 10 aromatic rings. The van der Waals surface area contributed by atoms with E-state index in [-0.39, 0.29) is 97.9 Å². The van der Waals surface area contributed by atoms with Crippen molar-refractivity contribution in [3.05, 3.63) is 176 Å². The van der Waals surface area contributed by atoms with Crippen LogP contribution in [-0.2, 0) is 0 Å². The highest BCUT2D eigenvalue weighted by molar-refractivity contribution is 6.15. The summed E-state index contributed by atoms with van der Waals surface area (Å²) < 4.78 is 127. The van der Waals surface area contributed by atoms with Crippen molar-refractivity contribution in [1.82, 2.24) is 15.0 Å². The molecule has 2 heterocycles. The minimum Gasteiger partial charge on any atom is -0.455 e. The van der Waals surface area contributed by atoms with Crippen LogP contribution in [0.5, 0.6) is 0 Å². The molecule has 0 fully saturated rings. The Morgan fingerprint density at radius 3 is 1.86 bits per heavy atom. The highest BCUT2D eigenvalue weighted by Crippen LogP contribution is 2.41. The summed E-state index contributed by atoms with van der Waals surface area (Å²) in [5.41, 5.74) is 1.09. The molecule has 8 aromatic carbocycles. The van der Waals surface area contributed by atoms with Gasteiger partial charge >= 0.3 is 0 Å². The van der Waals surface area contributed by atoms with Crippen LogP contribution in [0, 0.1) is 0 Å². The zero-order valence-corrected chi connectivity index (χ0v) is 26.4. The van der Waals surface area contributed by atoms with Gasteiger partial charge in [0.2, 0.25) is 0 Å². The number of hydrogen-bond donors (Lipinski definition) is 0. The molecule has 0 aliphatic heterocycles. The number of nitrogens with zero attached hydrogens (tertiary/aromatic N) is 3.